The van der Waals surface area contributed by atoms with E-state index in [0.717, 1.165) is 6.26 Å². The summed E-state index contributed by atoms with van der Waals surface area (Å²) in [5, 5.41) is 2.72. The molecule has 0 aromatic heterocycles. The Labute approximate surface area is 143 Å². The van der Waals surface area contributed by atoms with Crippen LogP contribution in [0.5, 0.6) is 5.75 Å². The van der Waals surface area contributed by atoms with Crippen LogP contribution in [0.4, 0.5) is 11.4 Å². The Morgan fingerprint density at radius 2 is 1.87 bits per heavy atom. The van der Waals surface area contributed by atoms with Crippen molar-refractivity contribution in [2.45, 2.75) is 0 Å². The molecule has 0 aliphatic heterocycles. The van der Waals surface area contributed by atoms with Crippen molar-refractivity contribution in [3.05, 3.63) is 52.5 Å². The molecule has 0 atom stereocenters. The summed E-state index contributed by atoms with van der Waals surface area (Å²) in [5.41, 5.74) is 1.17. The molecular formula is C15H15BrN2O4S. The Hall–Kier alpha value is -2.06. The molecule has 2 aromatic carbocycles. The number of sulfonamides is 1. The van der Waals surface area contributed by atoms with Gasteiger partial charge in [-0.2, -0.15) is 0 Å². The Morgan fingerprint density at radius 1 is 1.17 bits per heavy atom. The Kier molecular flexibility index (Phi) is 5.27. The molecule has 2 N–H and O–H groups in total. The maximum atomic E-state index is 12.3. The third-order valence-electron chi connectivity index (χ3n) is 2.87. The van der Waals surface area contributed by atoms with E-state index in [4.69, 9.17) is 4.74 Å². The largest absolute Gasteiger partial charge is 0.495 e. The fourth-order valence-corrected chi connectivity index (χ4v) is 2.93. The lowest BCUT2D eigenvalue weighted by molar-refractivity contribution is 0.102. The number of ether oxygens (including phenoxy) is 1. The van der Waals surface area contributed by atoms with Crippen LogP contribution in [0.25, 0.3) is 0 Å². The van der Waals surface area contributed by atoms with Gasteiger partial charge in [-0.25, -0.2) is 8.42 Å². The predicted octanol–water partition coefficient (Wildman–Crippen LogP) is 3.08. The normalized spacial score (nSPS) is 10.9. The first-order valence-electron chi connectivity index (χ1n) is 6.52. The maximum absolute atomic E-state index is 12.3. The molecule has 0 aliphatic rings. The molecule has 1 amide bonds. The van der Waals surface area contributed by atoms with Crippen molar-refractivity contribution in [1.29, 1.82) is 0 Å². The van der Waals surface area contributed by atoms with E-state index in [1.807, 2.05) is 6.07 Å². The van der Waals surface area contributed by atoms with Gasteiger partial charge in [0, 0.05) is 10.2 Å². The van der Waals surface area contributed by atoms with Gasteiger partial charge in [0.05, 0.1) is 24.6 Å². The third kappa shape index (κ3) is 4.70. The highest BCUT2D eigenvalue weighted by Crippen LogP contribution is 2.29. The maximum Gasteiger partial charge on any atom is 0.256 e. The summed E-state index contributed by atoms with van der Waals surface area (Å²) in [7, 11) is -2.03. The highest BCUT2D eigenvalue weighted by molar-refractivity contribution is 9.10. The van der Waals surface area contributed by atoms with Crippen molar-refractivity contribution in [2.24, 2.45) is 0 Å². The van der Waals surface area contributed by atoms with Gasteiger partial charge in [0.2, 0.25) is 10.0 Å². The molecule has 2 rings (SSSR count). The van der Waals surface area contributed by atoms with Crippen LogP contribution < -0.4 is 14.8 Å². The van der Waals surface area contributed by atoms with E-state index < -0.39 is 10.0 Å². The monoisotopic (exact) mass is 398 g/mol. The summed E-state index contributed by atoms with van der Waals surface area (Å²) in [6, 6.07) is 11.7. The first-order chi connectivity index (χ1) is 10.8. The first kappa shape index (κ1) is 17.3. The lowest BCUT2D eigenvalue weighted by Crippen LogP contribution is -2.14. The van der Waals surface area contributed by atoms with E-state index in [1.165, 1.54) is 13.2 Å². The standard InChI is InChI=1S/C15H15BrN2O4S/c1-22-14-8-7-10(9-13(14)18-23(2,20)21)17-15(19)11-5-3-4-6-12(11)16/h3-9,18H,1-2H3,(H,17,19). The second-order valence-corrected chi connectivity index (χ2v) is 7.33. The molecule has 0 saturated carbocycles. The smallest absolute Gasteiger partial charge is 0.256 e. The Morgan fingerprint density at radius 3 is 2.48 bits per heavy atom. The van der Waals surface area contributed by atoms with Crippen molar-refractivity contribution >= 4 is 43.2 Å². The molecule has 0 bridgehead atoms. The summed E-state index contributed by atoms with van der Waals surface area (Å²) >= 11 is 3.31. The second-order valence-electron chi connectivity index (χ2n) is 4.72. The minimum absolute atomic E-state index is 0.250. The summed E-state index contributed by atoms with van der Waals surface area (Å²) in [6.45, 7) is 0. The number of carbonyl (C=O) groups excluding carboxylic acids is 1. The molecule has 0 fully saturated rings. The summed E-state index contributed by atoms with van der Waals surface area (Å²) in [4.78, 5) is 12.3. The van der Waals surface area contributed by atoms with Crippen molar-refractivity contribution in [3.63, 3.8) is 0 Å². The van der Waals surface area contributed by atoms with Crippen LogP contribution >= 0.6 is 15.9 Å². The number of rotatable bonds is 5. The molecular weight excluding hydrogens is 384 g/mol. The quantitative estimate of drug-likeness (QED) is 0.810. The van der Waals surface area contributed by atoms with Crippen LogP contribution in [0.15, 0.2) is 46.9 Å². The van der Waals surface area contributed by atoms with Gasteiger partial charge in [-0.3, -0.25) is 9.52 Å². The zero-order valence-electron chi connectivity index (χ0n) is 12.5. The van der Waals surface area contributed by atoms with Gasteiger partial charge in [0.1, 0.15) is 5.75 Å². The number of methoxy groups -OCH3 is 1. The Bertz CT molecular complexity index is 837. The van der Waals surface area contributed by atoms with Gasteiger partial charge in [0.15, 0.2) is 0 Å². The van der Waals surface area contributed by atoms with E-state index >= 15 is 0 Å². The fraction of sp³-hybridized carbons (Fsp3) is 0.133. The number of halogens is 1. The lowest BCUT2D eigenvalue weighted by atomic mass is 10.2. The molecule has 0 heterocycles. The molecule has 23 heavy (non-hydrogen) atoms. The van der Waals surface area contributed by atoms with Crippen LogP contribution in [0.3, 0.4) is 0 Å². The van der Waals surface area contributed by atoms with Gasteiger partial charge in [-0.15, -0.1) is 0 Å². The summed E-state index contributed by atoms with van der Waals surface area (Å²) < 4.78 is 30.9. The number of amides is 1. The zero-order valence-corrected chi connectivity index (χ0v) is 14.9. The van der Waals surface area contributed by atoms with Crippen LogP contribution in [0.2, 0.25) is 0 Å². The van der Waals surface area contributed by atoms with Crippen LogP contribution in [0, 0.1) is 0 Å². The molecule has 6 nitrogen and oxygen atoms in total. The topological polar surface area (TPSA) is 84.5 Å². The SMILES string of the molecule is COc1ccc(NC(=O)c2ccccc2Br)cc1NS(C)(=O)=O. The molecule has 0 spiro atoms. The average Bonchev–Trinajstić information content (AvgIpc) is 2.46. The van der Waals surface area contributed by atoms with Gasteiger partial charge in [-0.05, 0) is 46.3 Å². The average molecular weight is 399 g/mol. The highest BCUT2D eigenvalue weighted by atomic mass is 79.9. The minimum Gasteiger partial charge on any atom is -0.495 e. The van der Waals surface area contributed by atoms with Crippen molar-refractivity contribution in [3.8, 4) is 5.75 Å². The third-order valence-corrected chi connectivity index (χ3v) is 4.15. The van der Waals surface area contributed by atoms with E-state index in [9.17, 15) is 13.2 Å². The van der Waals surface area contributed by atoms with Crippen molar-refractivity contribution in [1.82, 2.24) is 0 Å². The van der Waals surface area contributed by atoms with E-state index in [1.54, 1.807) is 30.3 Å². The highest BCUT2D eigenvalue weighted by Gasteiger charge is 2.13. The van der Waals surface area contributed by atoms with Crippen molar-refractivity contribution in [2.75, 3.05) is 23.4 Å². The molecule has 8 heteroatoms. The summed E-state index contributed by atoms with van der Waals surface area (Å²) in [5.74, 6) is 0.0438. The molecule has 0 aliphatic carbocycles. The zero-order chi connectivity index (χ0) is 17.0. The van der Waals surface area contributed by atoms with Gasteiger partial charge < -0.3 is 10.1 Å². The molecule has 0 radical (unpaired) electrons. The number of hydrogen-bond donors (Lipinski definition) is 2. The molecule has 0 unspecified atom stereocenters. The summed E-state index contributed by atoms with van der Waals surface area (Å²) in [6.07, 6.45) is 1.04. The van der Waals surface area contributed by atoms with E-state index in [0.29, 0.717) is 21.5 Å². The predicted molar refractivity (Wildman–Crippen MR) is 93.6 cm³/mol. The first-order valence-corrected chi connectivity index (χ1v) is 9.20. The van der Waals surface area contributed by atoms with Crippen LogP contribution in [-0.2, 0) is 10.0 Å². The van der Waals surface area contributed by atoms with E-state index in [2.05, 4.69) is 26.0 Å². The number of nitrogens with one attached hydrogen (secondary N) is 2. The lowest BCUT2D eigenvalue weighted by Gasteiger charge is -2.12. The number of hydrogen-bond acceptors (Lipinski definition) is 4. The number of anilines is 2. The van der Waals surface area contributed by atoms with Gasteiger partial charge in [0.25, 0.3) is 5.91 Å². The Balaban J connectivity index is 2.29. The van der Waals surface area contributed by atoms with E-state index in [-0.39, 0.29) is 11.6 Å². The van der Waals surface area contributed by atoms with Crippen LogP contribution in [0.1, 0.15) is 10.4 Å². The molecule has 0 saturated heterocycles. The number of benzene rings is 2. The van der Waals surface area contributed by atoms with Gasteiger partial charge >= 0.3 is 0 Å². The van der Waals surface area contributed by atoms with Crippen molar-refractivity contribution < 1.29 is 17.9 Å². The molecule has 122 valence electrons. The van der Waals surface area contributed by atoms with Crippen LogP contribution in [-0.4, -0.2) is 27.7 Å². The fourth-order valence-electron chi connectivity index (χ4n) is 1.91. The minimum atomic E-state index is -3.46. The number of carbonyl (C=O) groups is 1. The second kappa shape index (κ2) is 7.01. The van der Waals surface area contributed by atoms with Gasteiger partial charge in [-0.1, -0.05) is 12.1 Å². The molecule has 2 aromatic rings.